The molecular weight excluding hydrogens is 324 g/mol. The van der Waals surface area contributed by atoms with E-state index in [1.165, 1.54) is 0 Å². The third kappa shape index (κ3) is 3.05. The zero-order valence-corrected chi connectivity index (χ0v) is 11.8. The summed E-state index contributed by atoms with van der Waals surface area (Å²) in [7, 11) is 0. The standard InChI is InChI=1S/C11H12Br2O2/c1-3-15-9-6-4-5-8(11(9)13)10(12)7(2)14/h4-6,10H,3H2,1-2H3. The van der Waals surface area contributed by atoms with Gasteiger partial charge in [0.2, 0.25) is 0 Å². The maximum Gasteiger partial charge on any atom is 0.147 e. The topological polar surface area (TPSA) is 26.3 Å². The maximum absolute atomic E-state index is 11.3. The van der Waals surface area contributed by atoms with Crippen molar-refractivity contribution in [1.82, 2.24) is 0 Å². The van der Waals surface area contributed by atoms with E-state index in [1.54, 1.807) is 6.92 Å². The molecule has 0 aliphatic heterocycles. The number of alkyl halides is 1. The number of ketones is 1. The lowest BCUT2D eigenvalue weighted by Gasteiger charge is -2.12. The number of carbonyl (C=O) groups excluding carboxylic acids is 1. The van der Waals surface area contributed by atoms with Crippen LogP contribution in [0.5, 0.6) is 5.75 Å². The summed E-state index contributed by atoms with van der Waals surface area (Å²) >= 11 is 6.80. The highest BCUT2D eigenvalue weighted by Crippen LogP contribution is 2.36. The fourth-order valence-corrected chi connectivity index (χ4v) is 2.51. The number of halogens is 2. The van der Waals surface area contributed by atoms with Crippen molar-refractivity contribution >= 4 is 37.6 Å². The minimum atomic E-state index is -0.285. The molecule has 1 aromatic rings. The summed E-state index contributed by atoms with van der Waals surface area (Å²) in [5.41, 5.74) is 0.897. The van der Waals surface area contributed by atoms with Crippen LogP contribution in [-0.4, -0.2) is 12.4 Å². The van der Waals surface area contributed by atoms with Crippen molar-refractivity contribution in [3.05, 3.63) is 28.2 Å². The molecule has 4 heteroatoms. The highest BCUT2D eigenvalue weighted by molar-refractivity contribution is 9.11. The Bertz CT molecular complexity index is 364. The lowest BCUT2D eigenvalue weighted by molar-refractivity contribution is -0.116. The monoisotopic (exact) mass is 334 g/mol. The molecular formula is C11H12Br2O2. The van der Waals surface area contributed by atoms with Gasteiger partial charge in [-0.2, -0.15) is 0 Å². The van der Waals surface area contributed by atoms with Crippen LogP contribution in [0.25, 0.3) is 0 Å². The van der Waals surface area contributed by atoms with E-state index in [9.17, 15) is 4.79 Å². The minimum absolute atomic E-state index is 0.0735. The van der Waals surface area contributed by atoms with E-state index in [2.05, 4.69) is 31.9 Å². The molecule has 0 aliphatic rings. The predicted octanol–water partition coefficient (Wildman–Crippen LogP) is 3.87. The van der Waals surface area contributed by atoms with Gasteiger partial charge in [0.1, 0.15) is 11.5 Å². The second-order valence-electron chi connectivity index (χ2n) is 3.07. The molecule has 1 aromatic carbocycles. The Hall–Kier alpha value is -0.350. The minimum Gasteiger partial charge on any atom is -0.493 e. The normalized spacial score (nSPS) is 12.3. The van der Waals surface area contributed by atoms with Crippen molar-refractivity contribution in [2.45, 2.75) is 18.7 Å². The van der Waals surface area contributed by atoms with E-state index in [0.717, 1.165) is 15.8 Å². The van der Waals surface area contributed by atoms with Crippen LogP contribution in [0.1, 0.15) is 24.2 Å². The molecule has 1 rings (SSSR count). The molecule has 82 valence electrons. The second kappa shape index (κ2) is 5.66. The van der Waals surface area contributed by atoms with Crippen LogP contribution < -0.4 is 4.74 Å². The van der Waals surface area contributed by atoms with E-state index < -0.39 is 0 Å². The molecule has 0 aromatic heterocycles. The van der Waals surface area contributed by atoms with Gasteiger partial charge in [-0.3, -0.25) is 4.79 Å². The Balaban J connectivity index is 3.08. The number of hydrogen-bond donors (Lipinski definition) is 0. The van der Waals surface area contributed by atoms with Crippen molar-refractivity contribution in [1.29, 1.82) is 0 Å². The average molecular weight is 336 g/mol. The molecule has 0 bridgehead atoms. The Morgan fingerprint density at radius 1 is 1.53 bits per heavy atom. The van der Waals surface area contributed by atoms with Gasteiger partial charge in [0, 0.05) is 0 Å². The number of carbonyl (C=O) groups is 1. The van der Waals surface area contributed by atoms with Crippen LogP contribution in [0.2, 0.25) is 0 Å². The fourth-order valence-electron chi connectivity index (χ4n) is 1.21. The van der Waals surface area contributed by atoms with Crippen LogP contribution in [0.15, 0.2) is 22.7 Å². The summed E-state index contributed by atoms with van der Waals surface area (Å²) in [6.07, 6.45) is 0. The van der Waals surface area contributed by atoms with E-state index in [1.807, 2.05) is 25.1 Å². The van der Waals surface area contributed by atoms with Crippen molar-refractivity contribution in [2.24, 2.45) is 0 Å². The molecule has 0 fully saturated rings. The highest BCUT2D eigenvalue weighted by atomic mass is 79.9. The SMILES string of the molecule is CCOc1cccc(C(Br)C(C)=O)c1Br. The van der Waals surface area contributed by atoms with Gasteiger partial charge in [-0.15, -0.1) is 0 Å². The predicted molar refractivity (Wildman–Crippen MR) is 67.7 cm³/mol. The quantitative estimate of drug-likeness (QED) is 0.781. The Morgan fingerprint density at radius 2 is 2.20 bits per heavy atom. The number of ether oxygens (including phenoxy) is 1. The fraction of sp³-hybridized carbons (Fsp3) is 0.364. The zero-order chi connectivity index (χ0) is 11.4. The van der Waals surface area contributed by atoms with Crippen LogP contribution >= 0.6 is 31.9 Å². The molecule has 2 nitrogen and oxygen atoms in total. The molecule has 0 radical (unpaired) electrons. The van der Waals surface area contributed by atoms with Gasteiger partial charge in [-0.1, -0.05) is 28.1 Å². The molecule has 0 saturated heterocycles. The molecule has 1 unspecified atom stereocenters. The summed E-state index contributed by atoms with van der Waals surface area (Å²) in [5.74, 6) is 0.838. The van der Waals surface area contributed by atoms with Gasteiger partial charge in [0.05, 0.1) is 15.9 Å². The summed E-state index contributed by atoms with van der Waals surface area (Å²) < 4.78 is 6.27. The molecule has 0 saturated carbocycles. The van der Waals surface area contributed by atoms with E-state index in [4.69, 9.17) is 4.74 Å². The first-order valence-corrected chi connectivity index (χ1v) is 6.34. The maximum atomic E-state index is 11.3. The third-order valence-corrected chi connectivity index (χ3v) is 3.91. The van der Waals surface area contributed by atoms with Crippen molar-refractivity contribution in [3.63, 3.8) is 0 Å². The third-order valence-electron chi connectivity index (χ3n) is 1.92. The molecule has 1 atom stereocenters. The lowest BCUT2D eigenvalue weighted by Crippen LogP contribution is -2.03. The van der Waals surface area contributed by atoms with Crippen molar-refractivity contribution < 1.29 is 9.53 Å². The van der Waals surface area contributed by atoms with E-state index in [0.29, 0.717) is 6.61 Å². The highest BCUT2D eigenvalue weighted by Gasteiger charge is 2.17. The van der Waals surface area contributed by atoms with Crippen LogP contribution in [-0.2, 0) is 4.79 Å². The smallest absolute Gasteiger partial charge is 0.147 e. The van der Waals surface area contributed by atoms with Gasteiger partial charge >= 0.3 is 0 Å². The molecule has 0 amide bonds. The second-order valence-corrected chi connectivity index (χ2v) is 4.77. The molecule has 0 aliphatic carbocycles. The Morgan fingerprint density at radius 3 is 2.73 bits per heavy atom. The summed E-state index contributed by atoms with van der Waals surface area (Å²) in [6.45, 7) is 4.09. The van der Waals surface area contributed by atoms with Crippen molar-refractivity contribution in [3.8, 4) is 5.75 Å². The Labute approximate surface area is 106 Å². The first kappa shape index (κ1) is 12.7. The first-order valence-electron chi connectivity index (χ1n) is 4.63. The zero-order valence-electron chi connectivity index (χ0n) is 8.59. The largest absolute Gasteiger partial charge is 0.493 e. The summed E-state index contributed by atoms with van der Waals surface area (Å²) in [4.78, 5) is 11.0. The number of Topliss-reactive ketones (excluding diaryl/α,β-unsaturated/α-hetero) is 1. The average Bonchev–Trinajstić information content (AvgIpc) is 2.20. The van der Waals surface area contributed by atoms with Crippen LogP contribution in [0, 0.1) is 0 Å². The molecule has 0 N–H and O–H groups in total. The molecule has 0 spiro atoms. The number of rotatable bonds is 4. The van der Waals surface area contributed by atoms with E-state index >= 15 is 0 Å². The number of benzene rings is 1. The molecule has 15 heavy (non-hydrogen) atoms. The van der Waals surface area contributed by atoms with Crippen molar-refractivity contribution in [2.75, 3.05) is 6.61 Å². The lowest BCUT2D eigenvalue weighted by atomic mass is 10.1. The van der Waals surface area contributed by atoms with Crippen LogP contribution in [0.4, 0.5) is 0 Å². The van der Waals surface area contributed by atoms with Gasteiger partial charge in [0.15, 0.2) is 0 Å². The van der Waals surface area contributed by atoms with E-state index in [-0.39, 0.29) is 10.6 Å². The van der Waals surface area contributed by atoms with Gasteiger partial charge < -0.3 is 4.74 Å². The first-order chi connectivity index (χ1) is 7.07. The number of hydrogen-bond acceptors (Lipinski definition) is 2. The van der Waals surface area contributed by atoms with Crippen LogP contribution in [0.3, 0.4) is 0 Å². The van der Waals surface area contributed by atoms with Gasteiger partial charge in [0.25, 0.3) is 0 Å². The Kier molecular flexibility index (Phi) is 4.80. The van der Waals surface area contributed by atoms with Gasteiger partial charge in [-0.25, -0.2) is 0 Å². The molecule has 0 heterocycles. The van der Waals surface area contributed by atoms with Gasteiger partial charge in [-0.05, 0) is 41.4 Å². The summed E-state index contributed by atoms with van der Waals surface area (Å²) in [5, 5.41) is 0. The summed E-state index contributed by atoms with van der Waals surface area (Å²) in [6, 6.07) is 5.65.